The number of aliphatic carboxylic acids is 1. The van der Waals surface area contributed by atoms with Crippen molar-refractivity contribution in [3.8, 4) is 0 Å². The van der Waals surface area contributed by atoms with Crippen molar-refractivity contribution < 1.29 is 9.90 Å². The van der Waals surface area contributed by atoms with Crippen LogP contribution in [-0.4, -0.2) is 17.6 Å². The quantitative estimate of drug-likeness (QED) is 0.729. The number of hydrogen-bond acceptors (Lipinski definition) is 2. The largest absolute Gasteiger partial charge is 0.478 e. The van der Waals surface area contributed by atoms with E-state index in [4.69, 9.17) is 5.11 Å². The molecule has 1 aromatic rings. The van der Waals surface area contributed by atoms with Crippen LogP contribution in [0.3, 0.4) is 0 Å². The van der Waals surface area contributed by atoms with Crippen molar-refractivity contribution in [2.75, 3.05) is 6.54 Å². The summed E-state index contributed by atoms with van der Waals surface area (Å²) in [4.78, 5) is 10.2. The van der Waals surface area contributed by atoms with Crippen LogP contribution in [0.5, 0.6) is 0 Å². The predicted molar refractivity (Wildman–Crippen MR) is 57.7 cm³/mol. The summed E-state index contributed by atoms with van der Waals surface area (Å²) in [7, 11) is 0. The summed E-state index contributed by atoms with van der Waals surface area (Å²) in [6.07, 6.45) is 3.69. The van der Waals surface area contributed by atoms with Gasteiger partial charge in [0.05, 0.1) is 0 Å². The fourth-order valence-corrected chi connectivity index (χ4v) is 1.89. The number of nitrogens with one attached hydrogen (secondary N) is 1. The molecule has 1 atom stereocenters. The Balaban J connectivity index is 1.83. The Morgan fingerprint density at radius 2 is 2.33 bits per heavy atom. The molecular formula is C12H13NO2. The second-order valence-electron chi connectivity index (χ2n) is 3.68. The molecule has 3 heteroatoms. The fourth-order valence-electron chi connectivity index (χ4n) is 1.89. The lowest BCUT2D eigenvalue weighted by Gasteiger charge is -2.29. The summed E-state index contributed by atoms with van der Waals surface area (Å²) in [6, 6.07) is 8.36. The van der Waals surface area contributed by atoms with Gasteiger partial charge in [0, 0.05) is 24.7 Å². The average molecular weight is 203 g/mol. The third-order valence-electron chi connectivity index (χ3n) is 2.67. The maximum Gasteiger partial charge on any atom is 0.329 e. The van der Waals surface area contributed by atoms with E-state index in [1.807, 2.05) is 12.1 Å². The van der Waals surface area contributed by atoms with Gasteiger partial charge in [-0.05, 0) is 17.5 Å². The zero-order valence-electron chi connectivity index (χ0n) is 8.31. The molecule has 1 unspecified atom stereocenters. The molecule has 3 nitrogen and oxygen atoms in total. The second-order valence-corrected chi connectivity index (χ2v) is 3.68. The molecule has 1 aromatic carbocycles. The maximum atomic E-state index is 10.2. The molecular weight excluding hydrogens is 190 g/mol. The molecule has 2 rings (SSSR count). The van der Waals surface area contributed by atoms with Gasteiger partial charge in [-0.2, -0.15) is 0 Å². The Kier molecular flexibility index (Phi) is 2.72. The number of carbonyl (C=O) groups is 1. The van der Waals surface area contributed by atoms with Crippen LogP contribution >= 0.6 is 0 Å². The summed E-state index contributed by atoms with van der Waals surface area (Å²) < 4.78 is 0. The first-order valence-corrected chi connectivity index (χ1v) is 4.98. The van der Waals surface area contributed by atoms with Gasteiger partial charge in [-0.1, -0.05) is 24.3 Å². The normalized spacial score (nSPS) is 18.3. The Bertz CT molecular complexity index is 398. The van der Waals surface area contributed by atoms with Gasteiger partial charge in [-0.15, -0.1) is 0 Å². The molecule has 0 saturated carbocycles. The van der Waals surface area contributed by atoms with E-state index in [-0.39, 0.29) is 0 Å². The minimum atomic E-state index is -0.920. The molecule has 0 fully saturated rings. The van der Waals surface area contributed by atoms with Crippen LogP contribution in [0.2, 0.25) is 0 Å². The summed E-state index contributed by atoms with van der Waals surface area (Å²) in [6.45, 7) is 0.806. The zero-order chi connectivity index (χ0) is 10.7. The van der Waals surface area contributed by atoms with Crippen LogP contribution in [0.25, 0.3) is 0 Å². The molecule has 1 aliphatic carbocycles. The molecule has 78 valence electrons. The van der Waals surface area contributed by atoms with Crippen LogP contribution in [0, 0.1) is 0 Å². The Morgan fingerprint density at radius 1 is 1.53 bits per heavy atom. The summed E-state index contributed by atoms with van der Waals surface area (Å²) in [5, 5.41) is 11.4. The van der Waals surface area contributed by atoms with E-state index in [0.717, 1.165) is 19.0 Å². The Morgan fingerprint density at radius 3 is 3.07 bits per heavy atom. The highest BCUT2D eigenvalue weighted by Crippen LogP contribution is 2.33. The van der Waals surface area contributed by atoms with Crippen molar-refractivity contribution in [2.45, 2.75) is 12.3 Å². The topological polar surface area (TPSA) is 49.3 Å². The first-order chi connectivity index (χ1) is 7.27. The molecule has 0 aliphatic heterocycles. The number of fused-ring (bicyclic) bond motifs is 1. The van der Waals surface area contributed by atoms with Gasteiger partial charge in [0.25, 0.3) is 0 Å². The Labute approximate surface area is 88.4 Å². The van der Waals surface area contributed by atoms with E-state index in [1.165, 1.54) is 17.3 Å². The summed E-state index contributed by atoms with van der Waals surface area (Å²) >= 11 is 0. The van der Waals surface area contributed by atoms with Crippen LogP contribution in [0.1, 0.15) is 17.0 Å². The second kappa shape index (κ2) is 4.17. The van der Waals surface area contributed by atoms with E-state index in [2.05, 4.69) is 17.4 Å². The lowest BCUT2D eigenvalue weighted by atomic mass is 9.78. The zero-order valence-corrected chi connectivity index (χ0v) is 8.31. The van der Waals surface area contributed by atoms with Gasteiger partial charge in [-0.25, -0.2) is 4.79 Å². The number of hydrogen-bond donors (Lipinski definition) is 2. The number of benzene rings is 1. The summed E-state index contributed by atoms with van der Waals surface area (Å²) in [5.41, 5.74) is 2.79. The predicted octanol–water partition coefficient (Wildman–Crippen LogP) is 1.51. The molecule has 15 heavy (non-hydrogen) atoms. The van der Waals surface area contributed by atoms with E-state index in [0.29, 0.717) is 5.92 Å². The lowest BCUT2D eigenvalue weighted by Crippen LogP contribution is -2.26. The Hall–Kier alpha value is -1.77. The highest BCUT2D eigenvalue weighted by Gasteiger charge is 2.24. The van der Waals surface area contributed by atoms with Crippen LogP contribution in [0.4, 0.5) is 0 Å². The van der Waals surface area contributed by atoms with Crippen molar-refractivity contribution in [3.63, 3.8) is 0 Å². The van der Waals surface area contributed by atoms with Crippen LogP contribution in [-0.2, 0) is 11.2 Å². The highest BCUT2D eigenvalue weighted by molar-refractivity contribution is 5.79. The molecule has 0 amide bonds. The third kappa shape index (κ3) is 2.18. The van der Waals surface area contributed by atoms with Gasteiger partial charge in [0.1, 0.15) is 0 Å². The van der Waals surface area contributed by atoms with Crippen LogP contribution in [0.15, 0.2) is 36.5 Å². The van der Waals surface area contributed by atoms with E-state index in [9.17, 15) is 4.79 Å². The minimum Gasteiger partial charge on any atom is -0.478 e. The molecule has 0 bridgehead atoms. The van der Waals surface area contributed by atoms with Crippen molar-refractivity contribution in [1.82, 2.24) is 5.32 Å². The smallest absolute Gasteiger partial charge is 0.329 e. The maximum absolute atomic E-state index is 10.2. The lowest BCUT2D eigenvalue weighted by molar-refractivity contribution is -0.131. The first-order valence-electron chi connectivity index (χ1n) is 4.98. The average Bonchev–Trinajstić information content (AvgIpc) is 2.18. The monoisotopic (exact) mass is 203 g/mol. The van der Waals surface area contributed by atoms with Crippen molar-refractivity contribution in [1.29, 1.82) is 0 Å². The van der Waals surface area contributed by atoms with E-state index in [1.54, 1.807) is 0 Å². The molecule has 0 heterocycles. The standard InChI is InChI=1S/C12H13NO2/c14-12(15)5-6-13-8-10-7-9-3-1-2-4-11(9)10/h1-6,10,13H,7-8H2,(H,14,15)/b6-5+. The van der Waals surface area contributed by atoms with Gasteiger partial charge in [0.15, 0.2) is 0 Å². The number of rotatable bonds is 4. The van der Waals surface area contributed by atoms with Crippen molar-refractivity contribution in [2.24, 2.45) is 0 Å². The number of carboxylic acid groups (broad SMARTS) is 1. The number of carboxylic acids is 1. The molecule has 0 spiro atoms. The first kappa shape index (κ1) is 9.77. The SMILES string of the molecule is O=C(O)/C=C/NCC1Cc2ccccc21. The van der Waals surface area contributed by atoms with E-state index >= 15 is 0 Å². The molecule has 2 N–H and O–H groups in total. The molecule has 1 aliphatic rings. The fraction of sp³-hybridized carbons (Fsp3) is 0.250. The molecule has 0 saturated heterocycles. The molecule has 0 aromatic heterocycles. The highest BCUT2D eigenvalue weighted by atomic mass is 16.4. The molecule has 0 radical (unpaired) electrons. The van der Waals surface area contributed by atoms with Gasteiger partial charge >= 0.3 is 5.97 Å². The minimum absolute atomic E-state index is 0.527. The summed E-state index contributed by atoms with van der Waals surface area (Å²) in [5.74, 6) is -0.392. The van der Waals surface area contributed by atoms with Gasteiger partial charge < -0.3 is 10.4 Å². The third-order valence-corrected chi connectivity index (χ3v) is 2.67. The van der Waals surface area contributed by atoms with Crippen molar-refractivity contribution in [3.05, 3.63) is 47.7 Å². The van der Waals surface area contributed by atoms with Gasteiger partial charge in [-0.3, -0.25) is 0 Å². The van der Waals surface area contributed by atoms with Crippen LogP contribution < -0.4 is 5.32 Å². The van der Waals surface area contributed by atoms with Gasteiger partial charge in [0.2, 0.25) is 0 Å². The van der Waals surface area contributed by atoms with Crippen molar-refractivity contribution >= 4 is 5.97 Å². The van der Waals surface area contributed by atoms with E-state index < -0.39 is 5.97 Å².